The summed E-state index contributed by atoms with van der Waals surface area (Å²) in [7, 11) is 0. The van der Waals surface area contributed by atoms with E-state index in [1.165, 1.54) is 0 Å². The van der Waals surface area contributed by atoms with Crippen molar-refractivity contribution in [1.29, 1.82) is 0 Å². The van der Waals surface area contributed by atoms with Crippen molar-refractivity contribution >= 4 is 5.78 Å². The number of nitrogens with zero attached hydrogens (tertiary/aromatic N) is 1. The fourth-order valence-corrected chi connectivity index (χ4v) is 3.13. The molecule has 1 fully saturated rings. The summed E-state index contributed by atoms with van der Waals surface area (Å²) in [6, 6.07) is 5.74. The molecule has 3 rings (SSSR count). The van der Waals surface area contributed by atoms with Gasteiger partial charge in [0.1, 0.15) is 5.75 Å². The number of hydrogen-bond donors (Lipinski definition) is 1. The topological polar surface area (TPSA) is 49.8 Å². The van der Waals surface area contributed by atoms with Gasteiger partial charge in [0.25, 0.3) is 0 Å². The van der Waals surface area contributed by atoms with Crippen molar-refractivity contribution in [2.75, 3.05) is 26.2 Å². The van der Waals surface area contributed by atoms with Crippen molar-refractivity contribution in [1.82, 2.24) is 4.90 Å². The van der Waals surface area contributed by atoms with Gasteiger partial charge in [-0.15, -0.1) is 0 Å². The Morgan fingerprint density at radius 1 is 1.38 bits per heavy atom. The smallest absolute Gasteiger partial charge is 0.176 e. The molecule has 21 heavy (non-hydrogen) atoms. The Labute approximate surface area is 125 Å². The van der Waals surface area contributed by atoms with Crippen LogP contribution in [0.15, 0.2) is 18.2 Å². The minimum Gasteiger partial charge on any atom is -0.493 e. The molecular formula is C17H23NO3. The predicted octanol–water partition coefficient (Wildman–Crippen LogP) is 2.04. The number of carbonyl (C=O) groups is 1. The molecule has 0 radical (unpaired) electrons. The lowest BCUT2D eigenvalue weighted by Gasteiger charge is -2.22. The first-order valence-electron chi connectivity index (χ1n) is 7.77. The highest BCUT2D eigenvalue weighted by Crippen LogP contribution is 2.26. The molecular weight excluding hydrogens is 266 g/mol. The molecule has 114 valence electrons. The van der Waals surface area contributed by atoms with Crippen molar-refractivity contribution in [3.8, 4) is 5.75 Å². The molecule has 2 aliphatic heterocycles. The molecule has 0 bridgehead atoms. The third kappa shape index (κ3) is 3.44. The van der Waals surface area contributed by atoms with Crippen LogP contribution < -0.4 is 4.74 Å². The standard InChI is InChI=1S/C17H23NO3/c1-17(20)6-2-8-18(9-7-17)12-15(19)13-3-4-16-14(11-13)5-10-21-16/h3-4,11,20H,2,5-10,12H2,1H3. The number of fused-ring (bicyclic) bond motifs is 1. The summed E-state index contributed by atoms with van der Waals surface area (Å²) < 4.78 is 5.47. The fraction of sp³-hybridized carbons (Fsp3) is 0.588. The highest BCUT2D eigenvalue weighted by Gasteiger charge is 2.26. The first kappa shape index (κ1) is 14.5. The van der Waals surface area contributed by atoms with E-state index in [0.717, 1.165) is 55.6 Å². The van der Waals surface area contributed by atoms with Crippen LogP contribution in [-0.4, -0.2) is 47.6 Å². The third-order valence-electron chi connectivity index (χ3n) is 4.53. The van der Waals surface area contributed by atoms with Gasteiger partial charge in [-0.25, -0.2) is 0 Å². The summed E-state index contributed by atoms with van der Waals surface area (Å²) in [5, 5.41) is 10.1. The van der Waals surface area contributed by atoms with E-state index in [9.17, 15) is 9.90 Å². The van der Waals surface area contributed by atoms with Gasteiger partial charge in [0.15, 0.2) is 5.78 Å². The van der Waals surface area contributed by atoms with E-state index in [1.807, 2.05) is 25.1 Å². The van der Waals surface area contributed by atoms with Gasteiger partial charge < -0.3 is 9.84 Å². The largest absolute Gasteiger partial charge is 0.493 e. The number of likely N-dealkylation sites (tertiary alicyclic amines) is 1. The first-order chi connectivity index (χ1) is 10.0. The SMILES string of the molecule is CC1(O)CCCN(CC(=O)c2ccc3c(c2)CCO3)CC1. The minimum absolute atomic E-state index is 0.159. The van der Waals surface area contributed by atoms with E-state index in [1.54, 1.807) is 0 Å². The van der Waals surface area contributed by atoms with Crippen molar-refractivity contribution < 1.29 is 14.6 Å². The highest BCUT2D eigenvalue weighted by atomic mass is 16.5. The van der Waals surface area contributed by atoms with Gasteiger partial charge in [0.2, 0.25) is 0 Å². The maximum Gasteiger partial charge on any atom is 0.176 e. The van der Waals surface area contributed by atoms with E-state index < -0.39 is 5.60 Å². The highest BCUT2D eigenvalue weighted by molar-refractivity contribution is 5.98. The Morgan fingerprint density at radius 3 is 3.10 bits per heavy atom. The average molecular weight is 289 g/mol. The van der Waals surface area contributed by atoms with Crippen LogP contribution in [0.1, 0.15) is 42.1 Å². The summed E-state index contributed by atoms with van der Waals surface area (Å²) in [4.78, 5) is 14.6. The zero-order chi connectivity index (χ0) is 14.9. The Morgan fingerprint density at radius 2 is 2.24 bits per heavy atom. The molecule has 0 aromatic heterocycles. The van der Waals surface area contributed by atoms with E-state index in [4.69, 9.17) is 4.74 Å². The van der Waals surface area contributed by atoms with Crippen LogP contribution in [-0.2, 0) is 6.42 Å². The molecule has 4 heteroatoms. The Kier molecular flexibility index (Phi) is 4.00. The Hall–Kier alpha value is -1.39. The normalized spacial score (nSPS) is 26.0. The molecule has 1 unspecified atom stereocenters. The van der Waals surface area contributed by atoms with E-state index in [2.05, 4.69) is 4.90 Å². The summed E-state index contributed by atoms with van der Waals surface area (Å²) in [5.74, 6) is 1.07. The average Bonchev–Trinajstić information content (AvgIpc) is 2.84. The molecule has 2 heterocycles. The number of ketones is 1. The molecule has 4 nitrogen and oxygen atoms in total. The fourth-order valence-electron chi connectivity index (χ4n) is 3.13. The number of carbonyl (C=O) groups excluding carboxylic acids is 1. The van der Waals surface area contributed by atoms with Crippen LogP contribution in [0.3, 0.4) is 0 Å². The van der Waals surface area contributed by atoms with Crippen LogP contribution in [0.4, 0.5) is 0 Å². The first-order valence-corrected chi connectivity index (χ1v) is 7.77. The second-order valence-corrected chi connectivity index (χ2v) is 6.47. The van der Waals surface area contributed by atoms with Gasteiger partial charge in [-0.05, 0) is 56.5 Å². The number of aliphatic hydroxyl groups is 1. The molecule has 1 atom stereocenters. The lowest BCUT2D eigenvalue weighted by molar-refractivity contribution is 0.0444. The summed E-state index contributed by atoms with van der Waals surface area (Å²) in [6.45, 7) is 4.71. The van der Waals surface area contributed by atoms with Crippen molar-refractivity contribution in [3.63, 3.8) is 0 Å². The van der Waals surface area contributed by atoms with Gasteiger partial charge in [-0.2, -0.15) is 0 Å². The predicted molar refractivity (Wildman–Crippen MR) is 80.9 cm³/mol. The molecule has 0 amide bonds. The van der Waals surface area contributed by atoms with Gasteiger partial charge in [-0.1, -0.05) is 0 Å². The Balaban J connectivity index is 1.63. The van der Waals surface area contributed by atoms with Crippen molar-refractivity contribution in [3.05, 3.63) is 29.3 Å². The lowest BCUT2D eigenvalue weighted by Crippen LogP contribution is -2.32. The molecule has 2 aliphatic rings. The minimum atomic E-state index is -0.581. The molecule has 1 saturated heterocycles. The quantitative estimate of drug-likeness (QED) is 0.865. The van der Waals surface area contributed by atoms with Crippen LogP contribution in [0, 0.1) is 0 Å². The Bertz CT molecular complexity index is 539. The monoisotopic (exact) mass is 289 g/mol. The zero-order valence-electron chi connectivity index (χ0n) is 12.6. The second-order valence-electron chi connectivity index (χ2n) is 6.47. The molecule has 1 aromatic carbocycles. The summed E-state index contributed by atoms with van der Waals surface area (Å²) >= 11 is 0. The summed E-state index contributed by atoms with van der Waals surface area (Å²) in [6.07, 6.45) is 3.38. The number of hydrogen-bond acceptors (Lipinski definition) is 4. The molecule has 0 aliphatic carbocycles. The van der Waals surface area contributed by atoms with E-state index >= 15 is 0 Å². The van der Waals surface area contributed by atoms with Crippen LogP contribution in [0.25, 0.3) is 0 Å². The maximum absolute atomic E-state index is 12.4. The second kappa shape index (κ2) is 5.78. The number of Topliss-reactive ketones (excluding diaryl/α,β-unsaturated/α-hetero) is 1. The van der Waals surface area contributed by atoms with Gasteiger partial charge in [0.05, 0.1) is 18.8 Å². The van der Waals surface area contributed by atoms with E-state index in [0.29, 0.717) is 13.2 Å². The van der Waals surface area contributed by atoms with Crippen LogP contribution in [0.5, 0.6) is 5.75 Å². The van der Waals surface area contributed by atoms with Gasteiger partial charge >= 0.3 is 0 Å². The van der Waals surface area contributed by atoms with Crippen LogP contribution >= 0.6 is 0 Å². The molecule has 0 saturated carbocycles. The zero-order valence-corrected chi connectivity index (χ0v) is 12.6. The van der Waals surface area contributed by atoms with E-state index in [-0.39, 0.29) is 5.78 Å². The third-order valence-corrected chi connectivity index (χ3v) is 4.53. The summed E-state index contributed by atoms with van der Waals surface area (Å²) in [5.41, 5.74) is 1.33. The molecule has 1 N–H and O–H groups in total. The van der Waals surface area contributed by atoms with Gasteiger partial charge in [0, 0.05) is 18.5 Å². The van der Waals surface area contributed by atoms with Gasteiger partial charge in [-0.3, -0.25) is 9.69 Å². The number of benzene rings is 1. The lowest BCUT2D eigenvalue weighted by atomic mass is 9.98. The number of ether oxygens (including phenoxy) is 1. The molecule has 1 aromatic rings. The molecule has 0 spiro atoms. The van der Waals surface area contributed by atoms with Crippen molar-refractivity contribution in [2.24, 2.45) is 0 Å². The van der Waals surface area contributed by atoms with Crippen LogP contribution in [0.2, 0.25) is 0 Å². The maximum atomic E-state index is 12.4. The number of rotatable bonds is 3. The van der Waals surface area contributed by atoms with Crippen molar-refractivity contribution in [2.45, 2.75) is 38.2 Å².